The lowest BCUT2D eigenvalue weighted by Crippen LogP contribution is -2.43. The standard InChI is InChI=1S/C16H22F2N2O2/c17-13-4-2-12(10-14(13)18)3-5-15(21)20-11-16(22)6-1-8-19-9-7-16/h2,4,10,19,22H,1,3,5-9,11H2,(H,20,21)/t16-/m1/s1. The molecule has 3 N–H and O–H groups in total. The maximum atomic E-state index is 13.1. The molecular weight excluding hydrogens is 290 g/mol. The molecule has 6 heteroatoms. The van der Waals surface area contributed by atoms with Crippen LogP contribution in [0.15, 0.2) is 18.2 Å². The number of carbonyl (C=O) groups is 1. The van der Waals surface area contributed by atoms with Gasteiger partial charge in [0.1, 0.15) is 0 Å². The van der Waals surface area contributed by atoms with Gasteiger partial charge in [-0.2, -0.15) is 0 Å². The second kappa shape index (κ2) is 7.65. The normalized spacial score (nSPS) is 22.1. The molecule has 122 valence electrons. The molecule has 1 amide bonds. The van der Waals surface area contributed by atoms with Crippen molar-refractivity contribution >= 4 is 5.91 Å². The van der Waals surface area contributed by atoms with Gasteiger partial charge in [0.05, 0.1) is 5.60 Å². The van der Waals surface area contributed by atoms with E-state index in [2.05, 4.69) is 10.6 Å². The first-order valence-electron chi connectivity index (χ1n) is 7.62. The zero-order chi connectivity index (χ0) is 16.0. The van der Waals surface area contributed by atoms with Gasteiger partial charge in [-0.05, 0) is 56.5 Å². The largest absolute Gasteiger partial charge is 0.388 e. The van der Waals surface area contributed by atoms with Crippen LogP contribution in [-0.4, -0.2) is 36.2 Å². The van der Waals surface area contributed by atoms with Gasteiger partial charge in [0.2, 0.25) is 5.91 Å². The third kappa shape index (κ3) is 5.03. The van der Waals surface area contributed by atoms with Gasteiger partial charge in [0, 0.05) is 13.0 Å². The molecule has 0 radical (unpaired) electrons. The van der Waals surface area contributed by atoms with E-state index in [0.717, 1.165) is 31.6 Å². The monoisotopic (exact) mass is 312 g/mol. The summed E-state index contributed by atoms with van der Waals surface area (Å²) in [6.45, 7) is 1.85. The van der Waals surface area contributed by atoms with Crippen LogP contribution in [0.25, 0.3) is 0 Å². The number of rotatable bonds is 5. The molecule has 0 bridgehead atoms. The summed E-state index contributed by atoms with van der Waals surface area (Å²) in [4.78, 5) is 11.8. The van der Waals surface area contributed by atoms with Crippen molar-refractivity contribution in [3.63, 3.8) is 0 Å². The average Bonchev–Trinajstić information content (AvgIpc) is 2.72. The number of benzene rings is 1. The Morgan fingerprint density at radius 1 is 1.27 bits per heavy atom. The third-order valence-corrected chi connectivity index (χ3v) is 4.00. The molecule has 1 aromatic rings. The van der Waals surface area contributed by atoms with Crippen LogP contribution in [-0.2, 0) is 11.2 Å². The average molecular weight is 312 g/mol. The Hall–Kier alpha value is -1.53. The zero-order valence-corrected chi connectivity index (χ0v) is 12.5. The smallest absolute Gasteiger partial charge is 0.220 e. The molecule has 1 atom stereocenters. The van der Waals surface area contributed by atoms with Gasteiger partial charge in [-0.1, -0.05) is 6.07 Å². The van der Waals surface area contributed by atoms with Crippen LogP contribution in [0.3, 0.4) is 0 Å². The van der Waals surface area contributed by atoms with Gasteiger partial charge in [0.15, 0.2) is 11.6 Å². The summed E-state index contributed by atoms with van der Waals surface area (Å²) in [7, 11) is 0. The Morgan fingerprint density at radius 3 is 2.86 bits per heavy atom. The lowest BCUT2D eigenvalue weighted by atomic mass is 9.95. The summed E-state index contributed by atoms with van der Waals surface area (Å²) in [6.07, 6.45) is 2.66. The van der Waals surface area contributed by atoms with Crippen LogP contribution in [0.1, 0.15) is 31.2 Å². The first-order chi connectivity index (χ1) is 10.5. The molecule has 0 spiro atoms. The highest BCUT2D eigenvalue weighted by Gasteiger charge is 2.28. The Morgan fingerprint density at radius 2 is 2.09 bits per heavy atom. The zero-order valence-electron chi connectivity index (χ0n) is 12.5. The third-order valence-electron chi connectivity index (χ3n) is 4.00. The Labute approximate surface area is 128 Å². The number of halogens is 2. The lowest BCUT2D eigenvalue weighted by Gasteiger charge is -2.26. The maximum absolute atomic E-state index is 13.1. The number of hydrogen-bond acceptors (Lipinski definition) is 3. The molecular formula is C16H22F2N2O2. The highest BCUT2D eigenvalue weighted by molar-refractivity contribution is 5.76. The summed E-state index contributed by atoms with van der Waals surface area (Å²) < 4.78 is 25.9. The van der Waals surface area contributed by atoms with Crippen molar-refractivity contribution in [1.82, 2.24) is 10.6 Å². The summed E-state index contributed by atoms with van der Waals surface area (Å²) in [6, 6.07) is 3.63. The number of carbonyl (C=O) groups excluding carboxylic acids is 1. The minimum Gasteiger partial charge on any atom is -0.388 e. The van der Waals surface area contributed by atoms with Crippen LogP contribution < -0.4 is 10.6 Å². The molecule has 22 heavy (non-hydrogen) atoms. The minimum absolute atomic E-state index is 0.180. The van der Waals surface area contributed by atoms with Crippen molar-refractivity contribution in [3.8, 4) is 0 Å². The molecule has 0 unspecified atom stereocenters. The fourth-order valence-corrected chi connectivity index (χ4v) is 2.59. The first-order valence-corrected chi connectivity index (χ1v) is 7.62. The molecule has 4 nitrogen and oxygen atoms in total. The summed E-state index contributed by atoms with van der Waals surface area (Å²) in [5.74, 6) is -1.99. The Balaban J connectivity index is 1.76. The minimum atomic E-state index is -0.904. The number of aliphatic hydroxyl groups is 1. The van der Waals surface area contributed by atoms with Crippen LogP contribution in [0, 0.1) is 11.6 Å². The molecule has 1 heterocycles. The first kappa shape index (κ1) is 16.8. The van der Waals surface area contributed by atoms with E-state index in [4.69, 9.17) is 0 Å². The van der Waals surface area contributed by atoms with E-state index in [1.54, 1.807) is 0 Å². The number of amides is 1. The predicted molar refractivity (Wildman–Crippen MR) is 79.4 cm³/mol. The Bertz CT molecular complexity index is 515. The van der Waals surface area contributed by atoms with Gasteiger partial charge in [-0.3, -0.25) is 4.79 Å². The molecule has 0 aliphatic carbocycles. The highest BCUT2D eigenvalue weighted by Crippen LogP contribution is 2.18. The van der Waals surface area contributed by atoms with E-state index in [1.165, 1.54) is 6.07 Å². The lowest BCUT2D eigenvalue weighted by molar-refractivity contribution is -0.122. The van der Waals surface area contributed by atoms with E-state index >= 15 is 0 Å². The maximum Gasteiger partial charge on any atom is 0.220 e. The number of aryl methyl sites for hydroxylation is 1. The molecule has 1 aromatic carbocycles. The summed E-state index contributed by atoms with van der Waals surface area (Å²) >= 11 is 0. The van der Waals surface area contributed by atoms with Crippen molar-refractivity contribution in [3.05, 3.63) is 35.4 Å². The fraction of sp³-hybridized carbons (Fsp3) is 0.562. The fourth-order valence-electron chi connectivity index (χ4n) is 2.59. The quantitative estimate of drug-likeness (QED) is 0.772. The topological polar surface area (TPSA) is 61.4 Å². The van der Waals surface area contributed by atoms with E-state index in [1.807, 2.05) is 0 Å². The Kier molecular flexibility index (Phi) is 5.85. The van der Waals surface area contributed by atoms with Gasteiger partial charge in [-0.25, -0.2) is 8.78 Å². The van der Waals surface area contributed by atoms with E-state index in [0.29, 0.717) is 24.8 Å². The van der Waals surface area contributed by atoms with Crippen molar-refractivity contribution in [1.29, 1.82) is 0 Å². The van der Waals surface area contributed by atoms with Crippen molar-refractivity contribution < 1.29 is 18.7 Å². The van der Waals surface area contributed by atoms with Crippen LogP contribution in [0.5, 0.6) is 0 Å². The second-order valence-corrected chi connectivity index (χ2v) is 5.85. The van der Waals surface area contributed by atoms with E-state index in [9.17, 15) is 18.7 Å². The number of nitrogens with one attached hydrogen (secondary N) is 2. The molecule has 0 saturated carbocycles. The van der Waals surface area contributed by atoms with Crippen molar-refractivity contribution in [2.24, 2.45) is 0 Å². The molecule has 2 rings (SSSR count). The van der Waals surface area contributed by atoms with Crippen LogP contribution in [0.4, 0.5) is 8.78 Å². The van der Waals surface area contributed by atoms with Crippen molar-refractivity contribution in [2.45, 2.75) is 37.7 Å². The molecule has 1 aliphatic heterocycles. The van der Waals surface area contributed by atoms with Gasteiger partial charge < -0.3 is 15.7 Å². The summed E-state index contributed by atoms with van der Waals surface area (Å²) in [5, 5.41) is 16.3. The number of hydrogen-bond donors (Lipinski definition) is 3. The summed E-state index contributed by atoms with van der Waals surface area (Å²) in [5.41, 5.74) is -0.285. The highest BCUT2D eigenvalue weighted by atomic mass is 19.2. The van der Waals surface area contributed by atoms with Crippen LogP contribution >= 0.6 is 0 Å². The molecule has 0 aromatic heterocycles. The molecule has 1 saturated heterocycles. The van der Waals surface area contributed by atoms with Gasteiger partial charge >= 0.3 is 0 Å². The molecule has 1 fully saturated rings. The van der Waals surface area contributed by atoms with Gasteiger partial charge in [-0.15, -0.1) is 0 Å². The van der Waals surface area contributed by atoms with Gasteiger partial charge in [0.25, 0.3) is 0 Å². The van der Waals surface area contributed by atoms with E-state index in [-0.39, 0.29) is 18.9 Å². The SMILES string of the molecule is O=C(CCc1ccc(F)c(F)c1)NC[C@@]1(O)CCCNCC1. The predicted octanol–water partition coefficient (Wildman–Crippen LogP) is 1.52. The van der Waals surface area contributed by atoms with Crippen LogP contribution in [0.2, 0.25) is 0 Å². The van der Waals surface area contributed by atoms with Crippen molar-refractivity contribution in [2.75, 3.05) is 19.6 Å². The van der Waals surface area contributed by atoms with E-state index < -0.39 is 17.2 Å². The second-order valence-electron chi connectivity index (χ2n) is 5.85. The molecule has 1 aliphatic rings.